The molecule has 1 aliphatic carbocycles. The molecule has 6 nitrogen and oxygen atoms in total. The van der Waals surface area contributed by atoms with E-state index in [4.69, 9.17) is 0 Å². The lowest BCUT2D eigenvalue weighted by molar-refractivity contribution is -0.123. The maximum absolute atomic E-state index is 13.5. The van der Waals surface area contributed by atoms with Crippen LogP contribution in [0, 0.1) is 11.7 Å². The van der Waals surface area contributed by atoms with Crippen molar-refractivity contribution in [3.63, 3.8) is 0 Å². The summed E-state index contributed by atoms with van der Waals surface area (Å²) in [5, 5.41) is 4.45. The summed E-state index contributed by atoms with van der Waals surface area (Å²) in [6, 6.07) is 16.5. The van der Waals surface area contributed by atoms with Crippen LogP contribution in [0.5, 0.6) is 0 Å². The number of rotatable bonds is 9. The first-order chi connectivity index (χ1) is 17.9. The molecule has 0 aromatic heterocycles. The Morgan fingerprint density at radius 3 is 2.65 bits per heavy atom. The highest BCUT2D eigenvalue weighted by Crippen LogP contribution is 2.30. The molecule has 1 atom stereocenters. The molecule has 1 aliphatic heterocycles. The van der Waals surface area contributed by atoms with E-state index in [0.29, 0.717) is 30.8 Å². The zero-order valence-corrected chi connectivity index (χ0v) is 21.8. The van der Waals surface area contributed by atoms with Gasteiger partial charge in [0.15, 0.2) is 0 Å². The Bertz CT molecular complexity index is 1370. The Morgan fingerprint density at radius 2 is 1.81 bits per heavy atom. The van der Waals surface area contributed by atoms with Gasteiger partial charge in [0.25, 0.3) is 0 Å². The Kier molecular flexibility index (Phi) is 7.76. The SMILES string of the molecule is O=C(NCCN1CCc2cc(F)ccc21)[C@H](CC1CCCCC1)NS(=O)(=O)c1cccc2ccccc12. The number of fused-ring (bicyclic) bond motifs is 2. The number of carbonyl (C=O) groups excluding carboxylic acids is 1. The van der Waals surface area contributed by atoms with Gasteiger partial charge in [0.1, 0.15) is 11.9 Å². The van der Waals surface area contributed by atoms with Gasteiger partial charge in [0.2, 0.25) is 15.9 Å². The molecule has 3 aromatic carbocycles. The van der Waals surface area contributed by atoms with Gasteiger partial charge in [-0.05, 0) is 54.0 Å². The van der Waals surface area contributed by atoms with Gasteiger partial charge in [-0.1, -0.05) is 68.5 Å². The summed E-state index contributed by atoms with van der Waals surface area (Å²) in [5.41, 5.74) is 1.97. The minimum absolute atomic E-state index is 0.188. The highest BCUT2D eigenvalue weighted by atomic mass is 32.2. The Balaban J connectivity index is 1.29. The van der Waals surface area contributed by atoms with Crippen molar-refractivity contribution in [2.75, 3.05) is 24.5 Å². The molecule has 37 heavy (non-hydrogen) atoms. The Morgan fingerprint density at radius 1 is 1.03 bits per heavy atom. The van der Waals surface area contributed by atoms with Crippen LogP contribution in [0.25, 0.3) is 10.8 Å². The van der Waals surface area contributed by atoms with Crippen molar-refractivity contribution < 1.29 is 17.6 Å². The van der Waals surface area contributed by atoms with E-state index >= 15 is 0 Å². The van der Waals surface area contributed by atoms with Crippen LogP contribution < -0.4 is 14.9 Å². The van der Waals surface area contributed by atoms with Crippen LogP contribution in [0.3, 0.4) is 0 Å². The lowest BCUT2D eigenvalue weighted by Gasteiger charge is -2.27. The lowest BCUT2D eigenvalue weighted by atomic mass is 9.85. The number of nitrogens with zero attached hydrogens (tertiary/aromatic N) is 1. The second kappa shape index (κ2) is 11.2. The van der Waals surface area contributed by atoms with Gasteiger partial charge >= 0.3 is 0 Å². The number of benzene rings is 3. The second-order valence-corrected chi connectivity index (χ2v) is 11.9. The summed E-state index contributed by atoms with van der Waals surface area (Å²) in [6.45, 7) is 1.73. The number of hydrogen-bond acceptors (Lipinski definition) is 4. The zero-order chi connectivity index (χ0) is 25.8. The number of sulfonamides is 1. The van der Waals surface area contributed by atoms with Crippen LogP contribution in [-0.2, 0) is 21.2 Å². The zero-order valence-electron chi connectivity index (χ0n) is 21.0. The predicted octanol–water partition coefficient (Wildman–Crippen LogP) is 4.78. The summed E-state index contributed by atoms with van der Waals surface area (Å²) in [4.78, 5) is 15.7. The number of carbonyl (C=O) groups is 1. The van der Waals surface area contributed by atoms with Gasteiger partial charge in [-0.15, -0.1) is 0 Å². The van der Waals surface area contributed by atoms with Crippen LogP contribution in [0.1, 0.15) is 44.1 Å². The molecule has 1 amide bonds. The van der Waals surface area contributed by atoms with Gasteiger partial charge in [-0.25, -0.2) is 12.8 Å². The largest absolute Gasteiger partial charge is 0.369 e. The van der Waals surface area contributed by atoms with E-state index in [1.165, 1.54) is 12.5 Å². The van der Waals surface area contributed by atoms with Gasteiger partial charge in [-0.3, -0.25) is 4.79 Å². The molecule has 0 radical (unpaired) electrons. The van der Waals surface area contributed by atoms with Crippen molar-refractivity contribution in [3.05, 3.63) is 72.0 Å². The van der Waals surface area contributed by atoms with Crippen molar-refractivity contribution in [1.82, 2.24) is 10.0 Å². The quantitative estimate of drug-likeness (QED) is 0.423. The highest BCUT2D eigenvalue weighted by molar-refractivity contribution is 7.89. The lowest BCUT2D eigenvalue weighted by Crippen LogP contribution is -2.49. The predicted molar refractivity (Wildman–Crippen MR) is 145 cm³/mol. The van der Waals surface area contributed by atoms with Gasteiger partial charge in [-0.2, -0.15) is 4.72 Å². The molecule has 0 bridgehead atoms. The van der Waals surface area contributed by atoms with Crippen molar-refractivity contribution in [2.45, 2.75) is 55.9 Å². The third-order valence-electron chi connectivity index (χ3n) is 7.66. The van der Waals surface area contributed by atoms with Crippen molar-refractivity contribution in [1.29, 1.82) is 0 Å². The Hall–Kier alpha value is -2.97. The molecule has 2 N–H and O–H groups in total. The summed E-state index contributed by atoms with van der Waals surface area (Å²) < 4.78 is 43.3. The molecule has 0 saturated heterocycles. The first-order valence-electron chi connectivity index (χ1n) is 13.2. The third kappa shape index (κ3) is 5.96. The molecule has 8 heteroatoms. The average Bonchev–Trinajstić information content (AvgIpc) is 3.30. The van der Waals surface area contributed by atoms with Gasteiger partial charge in [0, 0.05) is 30.7 Å². The molecule has 0 unspecified atom stereocenters. The van der Waals surface area contributed by atoms with Gasteiger partial charge < -0.3 is 10.2 Å². The summed E-state index contributed by atoms with van der Waals surface area (Å²) in [5.74, 6) is -0.217. The molecular formula is C29H34FN3O3S. The first kappa shape index (κ1) is 25.7. The first-order valence-corrected chi connectivity index (χ1v) is 14.7. The number of hydrogen-bond donors (Lipinski definition) is 2. The normalized spacial score (nSPS) is 17.1. The van der Waals surface area contributed by atoms with Crippen LogP contribution in [-0.4, -0.2) is 40.0 Å². The highest BCUT2D eigenvalue weighted by Gasteiger charge is 2.30. The van der Waals surface area contributed by atoms with Crippen LogP contribution in [0.2, 0.25) is 0 Å². The fourth-order valence-corrected chi connectivity index (χ4v) is 7.19. The molecule has 2 aliphatic rings. The topological polar surface area (TPSA) is 78.5 Å². The maximum Gasteiger partial charge on any atom is 0.241 e. The van der Waals surface area contributed by atoms with Crippen LogP contribution in [0.4, 0.5) is 10.1 Å². The fraction of sp³-hybridized carbons (Fsp3) is 0.414. The summed E-state index contributed by atoms with van der Waals surface area (Å²) in [6.07, 6.45) is 6.71. The van der Waals surface area contributed by atoms with Crippen molar-refractivity contribution in [3.8, 4) is 0 Å². The average molecular weight is 524 g/mol. The smallest absolute Gasteiger partial charge is 0.241 e. The molecule has 1 fully saturated rings. The standard InChI is InChI=1S/C29H34FN3O3S/c30-24-13-14-27-23(20-24)15-17-33(27)18-16-31-29(34)26(19-21-7-2-1-3-8-21)32-37(35,36)28-12-6-10-22-9-4-5-11-25(22)28/h4-6,9-14,20-21,26,32H,1-3,7-8,15-19H2,(H,31,34)/t26-/m0/s1. The van der Waals surface area contributed by atoms with Crippen LogP contribution >= 0.6 is 0 Å². The van der Waals surface area contributed by atoms with Crippen molar-refractivity contribution >= 4 is 32.4 Å². The van der Waals surface area contributed by atoms with Gasteiger partial charge in [0.05, 0.1) is 4.90 Å². The Labute approximate surface area is 218 Å². The van der Waals surface area contributed by atoms with E-state index in [0.717, 1.165) is 55.3 Å². The number of amides is 1. The van der Waals surface area contributed by atoms with E-state index in [1.807, 2.05) is 24.3 Å². The monoisotopic (exact) mass is 523 g/mol. The second-order valence-electron chi connectivity index (χ2n) is 10.2. The maximum atomic E-state index is 13.5. The van der Waals surface area contributed by atoms with Crippen LogP contribution in [0.15, 0.2) is 65.6 Å². The third-order valence-corrected chi connectivity index (χ3v) is 9.19. The van der Waals surface area contributed by atoms with E-state index in [2.05, 4.69) is 14.9 Å². The summed E-state index contributed by atoms with van der Waals surface area (Å²) in [7, 11) is -3.92. The number of halogens is 1. The number of nitrogens with one attached hydrogen (secondary N) is 2. The minimum Gasteiger partial charge on any atom is -0.369 e. The van der Waals surface area contributed by atoms with Crippen molar-refractivity contribution in [2.24, 2.45) is 5.92 Å². The van der Waals surface area contributed by atoms with E-state index in [-0.39, 0.29) is 16.6 Å². The van der Waals surface area contributed by atoms with E-state index in [9.17, 15) is 17.6 Å². The molecule has 5 rings (SSSR count). The number of anilines is 1. The molecule has 3 aromatic rings. The molecule has 1 heterocycles. The molecule has 0 spiro atoms. The summed E-state index contributed by atoms with van der Waals surface area (Å²) >= 11 is 0. The fourth-order valence-electron chi connectivity index (χ4n) is 5.75. The molecular weight excluding hydrogens is 489 g/mol. The minimum atomic E-state index is -3.92. The molecule has 196 valence electrons. The van der Waals surface area contributed by atoms with E-state index < -0.39 is 16.1 Å². The van der Waals surface area contributed by atoms with E-state index in [1.54, 1.807) is 30.3 Å². The molecule has 1 saturated carbocycles.